The zero-order valence-electron chi connectivity index (χ0n) is 11.5. The quantitative estimate of drug-likeness (QED) is 0.883. The molecule has 0 fully saturated rings. The first kappa shape index (κ1) is 15.4. The molecule has 0 saturated carbocycles. The summed E-state index contributed by atoms with van der Waals surface area (Å²) in [6, 6.07) is 11.9. The lowest BCUT2D eigenvalue weighted by Gasteiger charge is -2.15. The van der Waals surface area contributed by atoms with Crippen molar-refractivity contribution < 1.29 is 18.3 Å². The highest BCUT2D eigenvalue weighted by Crippen LogP contribution is 2.29. The van der Waals surface area contributed by atoms with Gasteiger partial charge in [0.2, 0.25) is 0 Å². The lowest BCUT2D eigenvalue weighted by molar-refractivity contribution is -0.137. The van der Waals surface area contributed by atoms with E-state index < -0.39 is 11.7 Å². The van der Waals surface area contributed by atoms with E-state index in [2.05, 4.69) is 5.32 Å². The van der Waals surface area contributed by atoms with Gasteiger partial charge < -0.3 is 10.4 Å². The third-order valence-corrected chi connectivity index (χ3v) is 3.26. The summed E-state index contributed by atoms with van der Waals surface area (Å²) in [5, 5.41) is 12.6. The van der Waals surface area contributed by atoms with Crippen LogP contribution in [0, 0.1) is 0 Å². The molecule has 21 heavy (non-hydrogen) atoms. The second-order valence-corrected chi connectivity index (χ2v) is 4.89. The molecule has 2 nitrogen and oxygen atoms in total. The van der Waals surface area contributed by atoms with E-state index in [0.29, 0.717) is 6.54 Å². The summed E-state index contributed by atoms with van der Waals surface area (Å²) < 4.78 is 37.4. The summed E-state index contributed by atoms with van der Waals surface area (Å²) >= 11 is 0. The number of benzene rings is 2. The summed E-state index contributed by atoms with van der Waals surface area (Å²) in [4.78, 5) is 0. The van der Waals surface area contributed by atoms with E-state index in [1.807, 2.05) is 13.0 Å². The van der Waals surface area contributed by atoms with Crippen LogP contribution in [-0.4, -0.2) is 5.11 Å². The van der Waals surface area contributed by atoms with Crippen molar-refractivity contribution in [2.45, 2.75) is 25.7 Å². The Balaban J connectivity index is 1.97. The van der Waals surface area contributed by atoms with Crippen molar-refractivity contribution in [1.29, 1.82) is 0 Å². The van der Waals surface area contributed by atoms with Crippen molar-refractivity contribution in [2.24, 2.45) is 0 Å². The molecule has 112 valence electrons. The topological polar surface area (TPSA) is 32.3 Å². The van der Waals surface area contributed by atoms with E-state index >= 15 is 0 Å². The van der Waals surface area contributed by atoms with Gasteiger partial charge >= 0.3 is 6.18 Å². The highest BCUT2D eigenvalue weighted by atomic mass is 19.4. The van der Waals surface area contributed by atoms with Crippen molar-refractivity contribution in [2.75, 3.05) is 0 Å². The lowest BCUT2D eigenvalue weighted by Crippen LogP contribution is -2.18. The van der Waals surface area contributed by atoms with E-state index in [-0.39, 0.29) is 11.8 Å². The average Bonchev–Trinajstić information content (AvgIpc) is 2.44. The molecule has 2 rings (SSSR count). The highest BCUT2D eigenvalue weighted by molar-refractivity contribution is 5.29. The SMILES string of the molecule is CC(NCc1ccc(C(F)(F)F)cc1)c1cccc(O)c1. The van der Waals surface area contributed by atoms with Gasteiger partial charge in [0, 0.05) is 12.6 Å². The molecule has 0 amide bonds. The van der Waals surface area contributed by atoms with Crippen LogP contribution in [0.1, 0.15) is 29.7 Å². The van der Waals surface area contributed by atoms with Gasteiger partial charge in [-0.15, -0.1) is 0 Å². The van der Waals surface area contributed by atoms with Crippen molar-refractivity contribution in [3.05, 3.63) is 65.2 Å². The minimum Gasteiger partial charge on any atom is -0.508 e. The van der Waals surface area contributed by atoms with Gasteiger partial charge in [0.15, 0.2) is 0 Å². The Morgan fingerprint density at radius 3 is 2.33 bits per heavy atom. The first-order valence-electron chi connectivity index (χ1n) is 6.55. The summed E-state index contributed by atoms with van der Waals surface area (Å²) in [6.07, 6.45) is -4.30. The fourth-order valence-electron chi connectivity index (χ4n) is 1.99. The predicted molar refractivity (Wildman–Crippen MR) is 74.8 cm³/mol. The first-order chi connectivity index (χ1) is 9.86. The second kappa shape index (κ2) is 6.18. The fourth-order valence-corrected chi connectivity index (χ4v) is 1.99. The van der Waals surface area contributed by atoms with Crippen molar-refractivity contribution in [3.8, 4) is 5.75 Å². The minimum atomic E-state index is -4.30. The van der Waals surface area contributed by atoms with Crippen molar-refractivity contribution in [1.82, 2.24) is 5.32 Å². The van der Waals surface area contributed by atoms with Crippen LogP contribution in [0.25, 0.3) is 0 Å². The van der Waals surface area contributed by atoms with Crippen LogP contribution < -0.4 is 5.32 Å². The van der Waals surface area contributed by atoms with Crippen molar-refractivity contribution in [3.63, 3.8) is 0 Å². The molecule has 0 aliphatic rings. The van der Waals surface area contributed by atoms with Gasteiger partial charge in [-0.05, 0) is 42.3 Å². The van der Waals surface area contributed by atoms with E-state index in [9.17, 15) is 18.3 Å². The summed E-state index contributed by atoms with van der Waals surface area (Å²) in [5.41, 5.74) is 1.05. The number of alkyl halides is 3. The maximum atomic E-state index is 12.5. The Hall–Kier alpha value is -2.01. The molecule has 5 heteroatoms. The third-order valence-electron chi connectivity index (χ3n) is 3.26. The van der Waals surface area contributed by atoms with Crippen molar-refractivity contribution >= 4 is 0 Å². The number of phenolic OH excluding ortho intramolecular Hbond substituents is 1. The van der Waals surface area contributed by atoms with Gasteiger partial charge in [0.05, 0.1) is 5.56 Å². The standard InChI is InChI=1S/C16H16F3NO/c1-11(13-3-2-4-15(21)9-13)20-10-12-5-7-14(8-6-12)16(17,18)19/h2-9,11,20-21H,10H2,1H3. The monoisotopic (exact) mass is 295 g/mol. The molecule has 0 spiro atoms. The molecule has 0 aromatic heterocycles. The van der Waals surface area contributed by atoms with E-state index in [4.69, 9.17) is 0 Å². The van der Waals surface area contributed by atoms with Gasteiger partial charge in [0.25, 0.3) is 0 Å². The van der Waals surface area contributed by atoms with E-state index in [1.54, 1.807) is 18.2 Å². The van der Waals surface area contributed by atoms with Crippen LogP contribution >= 0.6 is 0 Å². The molecule has 2 aromatic carbocycles. The molecule has 0 aliphatic carbocycles. The van der Waals surface area contributed by atoms with Gasteiger partial charge in [-0.3, -0.25) is 0 Å². The summed E-state index contributed by atoms with van der Waals surface area (Å²) in [7, 11) is 0. The number of hydrogen-bond acceptors (Lipinski definition) is 2. The summed E-state index contributed by atoms with van der Waals surface area (Å²) in [6.45, 7) is 2.38. The van der Waals surface area contributed by atoms with Gasteiger partial charge in [-0.1, -0.05) is 24.3 Å². The fraction of sp³-hybridized carbons (Fsp3) is 0.250. The van der Waals surface area contributed by atoms with Crippen LogP contribution in [0.15, 0.2) is 48.5 Å². The number of aromatic hydroxyl groups is 1. The highest BCUT2D eigenvalue weighted by Gasteiger charge is 2.29. The zero-order valence-corrected chi connectivity index (χ0v) is 11.5. The maximum absolute atomic E-state index is 12.5. The van der Waals surface area contributed by atoms with Crippen LogP contribution in [0.5, 0.6) is 5.75 Å². The smallest absolute Gasteiger partial charge is 0.416 e. The Labute approximate surface area is 121 Å². The van der Waals surface area contributed by atoms with E-state index in [0.717, 1.165) is 23.3 Å². The molecule has 0 aliphatic heterocycles. The predicted octanol–water partition coefficient (Wildman–Crippen LogP) is 4.26. The van der Waals surface area contributed by atoms with Gasteiger partial charge in [0.1, 0.15) is 5.75 Å². The molecule has 2 N–H and O–H groups in total. The molecule has 1 atom stereocenters. The minimum absolute atomic E-state index is 0.0145. The zero-order chi connectivity index (χ0) is 15.5. The molecule has 1 unspecified atom stereocenters. The largest absolute Gasteiger partial charge is 0.508 e. The molecule has 0 radical (unpaired) electrons. The summed E-state index contributed by atoms with van der Waals surface area (Å²) in [5.74, 6) is 0.190. The van der Waals surface area contributed by atoms with Gasteiger partial charge in [-0.2, -0.15) is 13.2 Å². The number of halogens is 3. The van der Waals surface area contributed by atoms with Crippen LogP contribution in [-0.2, 0) is 12.7 Å². The first-order valence-corrected chi connectivity index (χ1v) is 6.55. The normalized spacial score (nSPS) is 13.1. The maximum Gasteiger partial charge on any atom is 0.416 e. The molecule has 0 bridgehead atoms. The average molecular weight is 295 g/mol. The van der Waals surface area contributed by atoms with Crippen LogP contribution in [0.3, 0.4) is 0 Å². The van der Waals surface area contributed by atoms with Crippen LogP contribution in [0.4, 0.5) is 13.2 Å². The number of hydrogen-bond donors (Lipinski definition) is 2. The molecular formula is C16H16F3NO. The molecule has 0 saturated heterocycles. The van der Waals surface area contributed by atoms with Gasteiger partial charge in [-0.25, -0.2) is 0 Å². The van der Waals surface area contributed by atoms with E-state index in [1.165, 1.54) is 12.1 Å². The second-order valence-electron chi connectivity index (χ2n) is 4.89. The number of rotatable bonds is 4. The lowest BCUT2D eigenvalue weighted by atomic mass is 10.1. The number of nitrogens with one attached hydrogen (secondary N) is 1. The molecular weight excluding hydrogens is 279 g/mol. The third kappa shape index (κ3) is 4.23. The molecule has 0 heterocycles. The Bertz CT molecular complexity index is 593. The Morgan fingerprint density at radius 1 is 1.10 bits per heavy atom. The Kier molecular flexibility index (Phi) is 4.53. The number of phenols is 1. The van der Waals surface area contributed by atoms with Crippen LogP contribution in [0.2, 0.25) is 0 Å². The Morgan fingerprint density at radius 2 is 1.76 bits per heavy atom. The molecule has 2 aromatic rings.